The van der Waals surface area contributed by atoms with E-state index in [4.69, 9.17) is 0 Å². The summed E-state index contributed by atoms with van der Waals surface area (Å²) in [6, 6.07) is 8.00. The standard InChI is InChI=1S/C17H10F2N2O6/c18-17(19)27-11-4-1-9(2-5-11)14(22)8-20-15(23)12-6-3-10(21(25)26)7-13(12)16(20)24/h1-7,17H,8H2. The number of carbonyl (C=O) groups is 3. The Labute approximate surface area is 150 Å². The smallest absolute Gasteiger partial charge is 0.387 e. The summed E-state index contributed by atoms with van der Waals surface area (Å²) in [5.74, 6) is -2.31. The first-order valence-corrected chi connectivity index (χ1v) is 7.50. The van der Waals surface area contributed by atoms with Gasteiger partial charge in [-0.05, 0) is 30.3 Å². The van der Waals surface area contributed by atoms with E-state index in [-0.39, 0.29) is 28.1 Å². The van der Waals surface area contributed by atoms with Crippen LogP contribution in [0.4, 0.5) is 14.5 Å². The molecule has 2 aromatic carbocycles. The van der Waals surface area contributed by atoms with E-state index < -0.39 is 35.7 Å². The molecule has 2 aromatic rings. The number of ketones is 1. The second kappa shape index (κ2) is 6.90. The Kier molecular flexibility index (Phi) is 4.63. The van der Waals surface area contributed by atoms with Crippen LogP contribution in [-0.4, -0.2) is 40.6 Å². The minimum absolute atomic E-state index is 0.0286. The first kappa shape index (κ1) is 18.1. The van der Waals surface area contributed by atoms with Crippen molar-refractivity contribution in [2.24, 2.45) is 0 Å². The molecule has 0 saturated carbocycles. The van der Waals surface area contributed by atoms with Gasteiger partial charge in [0, 0.05) is 17.7 Å². The van der Waals surface area contributed by atoms with Crippen LogP contribution in [0.2, 0.25) is 0 Å². The van der Waals surface area contributed by atoms with Gasteiger partial charge in [-0.1, -0.05) is 0 Å². The predicted molar refractivity (Wildman–Crippen MR) is 85.9 cm³/mol. The molecule has 0 bridgehead atoms. The van der Waals surface area contributed by atoms with Gasteiger partial charge in [0.05, 0.1) is 22.6 Å². The number of rotatable bonds is 6. The van der Waals surface area contributed by atoms with E-state index in [2.05, 4.69) is 4.74 Å². The predicted octanol–water partition coefficient (Wildman–Crippen LogP) is 2.68. The number of nitrogens with zero attached hydrogens (tertiary/aromatic N) is 2. The van der Waals surface area contributed by atoms with Gasteiger partial charge in [-0.2, -0.15) is 8.78 Å². The average molecular weight is 376 g/mol. The zero-order valence-corrected chi connectivity index (χ0v) is 13.4. The Hall–Kier alpha value is -3.69. The summed E-state index contributed by atoms with van der Waals surface area (Å²) in [4.78, 5) is 47.8. The molecule has 0 aromatic heterocycles. The molecule has 8 nitrogen and oxygen atoms in total. The lowest BCUT2D eigenvalue weighted by Crippen LogP contribution is -2.34. The Bertz CT molecular complexity index is 958. The summed E-state index contributed by atoms with van der Waals surface area (Å²) < 4.78 is 28.4. The zero-order valence-electron chi connectivity index (χ0n) is 13.4. The Morgan fingerprint density at radius 2 is 1.70 bits per heavy atom. The molecule has 0 spiro atoms. The number of non-ortho nitro benzene ring substituents is 1. The largest absolute Gasteiger partial charge is 0.435 e. The summed E-state index contributed by atoms with van der Waals surface area (Å²) in [7, 11) is 0. The van der Waals surface area contributed by atoms with E-state index in [1.54, 1.807) is 0 Å². The highest BCUT2D eigenvalue weighted by atomic mass is 19.3. The number of nitro benzene ring substituents is 1. The van der Waals surface area contributed by atoms with Crippen LogP contribution in [0.3, 0.4) is 0 Å². The van der Waals surface area contributed by atoms with E-state index in [1.807, 2.05) is 0 Å². The fraction of sp³-hybridized carbons (Fsp3) is 0.118. The fourth-order valence-corrected chi connectivity index (χ4v) is 2.59. The molecule has 0 fully saturated rings. The zero-order chi connectivity index (χ0) is 19.7. The molecule has 1 aliphatic rings. The van der Waals surface area contributed by atoms with Crippen molar-refractivity contribution < 1.29 is 32.8 Å². The lowest BCUT2D eigenvalue weighted by atomic mass is 10.1. The molecule has 0 saturated heterocycles. The van der Waals surface area contributed by atoms with Crippen molar-refractivity contribution in [1.29, 1.82) is 0 Å². The van der Waals surface area contributed by atoms with Gasteiger partial charge in [0.25, 0.3) is 17.5 Å². The number of benzene rings is 2. The van der Waals surface area contributed by atoms with Crippen LogP contribution in [-0.2, 0) is 0 Å². The summed E-state index contributed by atoms with van der Waals surface area (Å²) in [5, 5.41) is 10.8. The van der Waals surface area contributed by atoms with Gasteiger partial charge in [0.1, 0.15) is 5.75 Å². The molecule has 138 valence electrons. The van der Waals surface area contributed by atoms with E-state index in [1.165, 1.54) is 12.1 Å². The normalized spacial score (nSPS) is 13.1. The van der Waals surface area contributed by atoms with Gasteiger partial charge in [-0.15, -0.1) is 0 Å². The van der Waals surface area contributed by atoms with Gasteiger partial charge >= 0.3 is 6.61 Å². The minimum Gasteiger partial charge on any atom is -0.435 e. The monoisotopic (exact) mass is 376 g/mol. The first-order chi connectivity index (χ1) is 12.8. The molecule has 10 heteroatoms. The molecule has 0 N–H and O–H groups in total. The van der Waals surface area contributed by atoms with E-state index >= 15 is 0 Å². The van der Waals surface area contributed by atoms with Gasteiger partial charge in [0.15, 0.2) is 5.78 Å². The SMILES string of the molecule is O=C(CN1C(=O)c2ccc([N+](=O)[O-])cc2C1=O)c1ccc(OC(F)F)cc1. The third kappa shape index (κ3) is 3.50. The maximum atomic E-state index is 12.4. The van der Waals surface area contributed by atoms with Crippen LogP contribution in [0.1, 0.15) is 31.1 Å². The van der Waals surface area contributed by atoms with Crippen LogP contribution >= 0.6 is 0 Å². The number of halogens is 2. The number of amides is 2. The highest BCUT2D eigenvalue weighted by molar-refractivity contribution is 6.23. The Balaban J connectivity index is 1.77. The first-order valence-electron chi connectivity index (χ1n) is 7.50. The number of nitro groups is 1. The number of ether oxygens (including phenoxy) is 1. The summed E-state index contributed by atoms with van der Waals surface area (Å²) >= 11 is 0. The van der Waals surface area contributed by atoms with Crippen LogP contribution in [0.15, 0.2) is 42.5 Å². The number of hydrogen-bond donors (Lipinski definition) is 0. The molecule has 0 unspecified atom stereocenters. The van der Waals surface area contributed by atoms with Crippen molar-refractivity contribution in [3.05, 3.63) is 69.3 Å². The molecule has 3 rings (SSSR count). The van der Waals surface area contributed by atoms with Crippen LogP contribution in [0, 0.1) is 10.1 Å². The van der Waals surface area contributed by atoms with Crippen LogP contribution < -0.4 is 4.74 Å². The van der Waals surface area contributed by atoms with Crippen LogP contribution in [0.25, 0.3) is 0 Å². The van der Waals surface area contributed by atoms with Gasteiger partial charge < -0.3 is 4.74 Å². The number of carbonyl (C=O) groups excluding carboxylic acids is 3. The molecule has 0 radical (unpaired) electrons. The highest BCUT2D eigenvalue weighted by Gasteiger charge is 2.37. The topological polar surface area (TPSA) is 107 Å². The Morgan fingerprint density at radius 1 is 1.07 bits per heavy atom. The van der Waals surface area contributed by atoms with Crippen molar-refractivity contribution in [2.75, 3.05) is 6.54 Å². The van der Waals surface area contributed by atoms with E-state index in [0.29, 0.717) is 4.90 Å². The van der Waals surface area contributed by atoms with Crippen LogP contribution in [0.5, 0.6) is 5.75 Å². The minimum atomic E-state index is -3.01. The summed E-state index contributed by atoms with van der Waals surface area (Å²) in [6.07, 6.45) is 0. The second-order valence-electron chi connectivity index (χ2n) is 5.51. The lowest BCUT2D eigenvalue weighted by Gasteiger charge is -2.13. The van der Waals surface area contributed by atoms with E-state index in [0.717, 1.165) is 30.3 Å². The van der Waals surface area contributed by atoms with E-state index in [9.17, 15) is 33.3 Å². The molecule has 0 aliphatic carbocycles. The van der Waals surface area contributed by atoms with Crippen molar-refractivity contribution in [1.82, 2.24) is 4.90 Å². The average Bonchev–Trinajstić information content (AvgIpc) is 2.86. The highest BCUT2D eigenvalue weighted by Crippen LogP contribution is 2.27. The third-order valence-corrected chi connectivity index (χ3v) is 3.87. The van der Waals surface area contributed by atoms with Crippen molar-refractivity contribution in [3.8, 4) is 5.75 Å². The molecule has 27 heavy (non-hydrogen) atoms. The van der Waals surface area contributed by atoms with Crippen molar-refractivity contribution in [3.63, 3.8) is 0 Å². The number of Topliss-reactive ketones (excluding diaryl/α,β-unsaturated/α-hetero) is 1. The second-order valence-corrected chi connectivity index (χ2v) is 5.51. The van der Waals surface area contributed by atoms with Crippen molar-refractivity contribution in [2.45, 2.75) is 6.61 Å². The summed E-state index contributed by atoms with van der Waals surface area (Å²) in [6.45, 7) is -3.59. The molecule has 0 atom stereocenters. The molecule has 1 heterocycles. The fourth-order valence-electron chi connectivity index (χ4n) is 2.59. The lowest BCUT2D eigenvalue weighted by molar-refractivity contribution is -0.384. The number of imide groups is 1. The molecule has 2 amide bonds. The third-order valence-electron chi connectivity index (χ3n) is 3.87. The quantitative estimate of drug-likeness (QED) is 0.332. The van der Waals surface area contributed by atoms with Gasteiger partial charge in [0.2, 0.25) is 0 Å². The molecular formula is C17H10F2N2O6. The number of alkyl halides is 2. The van der Waals surface area contributed by atoms with Crippen molar-refractivity contribution >= 4 is 23.3 Å². The Morgan fingerprint density at radius 3 is 2.30 bits per heavy atom. The molecule has 1 aliphatic heterocycles. The summed E-state index contributed by atoms with van der Waals surface area (Å²) in [5.41, 5.74) is -0.446. The van der Waals surface area contributed by atoms with Gasteiger partial charge in [-0.3, -0.25) is 29.4 Å². The van der Waals surface area contributed by atoms with Gasteiger partial charge in [-0.25, -0.2) is 0 Å². The maximum Gasteiger partial charge on any atom is 0.387 e. The molecular weight excluding hydrogens is 366 g/mol. The number of hydrogen-bond acceptors (Lipinski definition) is 6. The maximum absolute atomic E-state index is 12.4. The number of fused-ring (bicyclic) bond motifs is 1.